The number of aromatic nitrogens is 2. The number of nitrogens with one attached hydrogen (secondary N) is 1. The summed E-state index contributed by atoms with van der Waals surface area (Å²) in [4.78, 5) is 39.1. The number of carbonyl (C=O) groups is 1. The molecular weight excluding hydrogens is 454 g/mol. The first-order valence-electron chi connectivity index (χ1n) is 12.1. The smallest absolute Gasteiger partial charge is 0.332 e. The molecule has 7 heteroatoms. The summed E-state index contributed by atoms with van der Waals surface area (Å²) in [5.41, 5.74) is 3.35. The molecule has 4 aromatic rings. The topological polar surface area (TPSA) is 82.3 Å². The van der Waals surface area contributed by atoms with Crippen LogP contribution in [0.15, 0.2) is 82.4 Å². The van der Waals surface area contributed by atoms with Gasteiger partial charge in [-0.15, -0.1) is 0 Å². The first-order chi connectivity index (χ1) is 17.5. The van der Waals surface area contributed by atoms with Crippen LogP contribution >= 0.6 is 0 Å². The number of nitrogens with zero attached hydrogens (tertiary/aromatic N) is 2. The molecule has 0 saturated carbocycles. The lowest BCUT2D eigenvalue weighted by molar-refractivity contribution is 0.0951. The van der Waals surface area contributed by atoms with E-state index < -0.39 is 0 Å². The van der Waals surface area contributed by atoms with Gasteiger partial charge >= 0.3 is 5.69 Å². The van der Waals surface area contributed by atoms with E-state index in [4.69, 9.17) is 4.74 Å². The molecule has 1 heterocycles. The number of methoxy groups -OCH3 is 1. The first kappa shape index (κ1) is 25.1. The fourth-order valence-corrected chi connectivity index (χ4v) is 4.16. The van der Waals surface area contributed by atoms with Gasteiger partial charge in [0.1, 0.15) is 0 Å². The maximum absolute atomic E-state index is 13.5. The van der Waals surface area contributed by atoms with Crippen molar-refractivity contribution in [2.24, 2.45) is 0 Å². The van der Waals surface area contributed by atoms with Gasteiger partial charge in [-0.3, -0.25) is 18.7 Å². The van der Waals surface area contributed by atoms with Crippen molar-refractivity contribution in [1.29, 1.82) is 0 Å². The fraction of sp³-hybridized carbons (Fsp3) is 0.276. The summed E-state index contributed by atoms with van der Waals surface area (Å²) in [6.45, 7) is 3.75. The van der Waals surface area contributed by atoms with Gasteiger partial charge in [-0.05, 0) is 55.2 Å². The number of rotatable bonds is 10. The highest BCUT2D eigenvalue weighted by Gasteiger charge is 2.14. The number of amides is 1. The van der Waals surface area contributed by atoms with E-state index in [9.17, 15) is 14.4 Å². The summed E-state index contributed by atoms with van der Waals surface area (Å²) in [5.74, 6) is -0.151. The van der Waals surface area contributed by atoms with E-state index in [1.165, 1.54) is 4.57 Å². The van der Waals surface area contributed by atoms with E-state index in [1.807, 2.05) is 37.3 Å². The Kier molecular flexibility index (Phi) is 8.13. The zero-order valence-corrected chi connectivity index (χ0v) is 20.7. The van der Waals surface area contributed by atoms with E-state index in [0.717, 1.165) is 29.5 Å². The lowest BCUT2D eigenvalue weighted by Gasteiger charge is -2.15. The van der Waals surface area contributed by atoms with E-state index in [-0.39, 0.29) is 23.7 Å². The zero-order chi connectivity index (χ0) is 25.5. The van der Waals surface area contributed by atoms with Crippen molar-refractivity contribution in [3.63, 3.8) is 0 Å². The third-order valence-electron chi connectivity index (χ3n) is 6.21. The Morgan fingerprint density at radius 1 is 0.833 bits per heavy atom. The molecule has 0 bridgehead atoms. The van der Waals surface area contributed by atoms with Crippen molar-refractivity contribution in [2.45, 2.75) is 32.9 Å². The van der Waals surface area contributed by atoms with Crippen molar-refractivity contribution >= 4 is 16.8 Å². The number of unbranched alkanes of at least 4 members (excludes halogenated alkanes) is 1. The molecule has 0 unspecified atom stereocenters. The van der Waals surface area contributed by atoms with Crippen LogP contribution in [0.1, 0.15) is 39.9 Å². The van der Waals surface area contributed by atoms with Gasteiger partial charge < -0.3 is 10.1 Å². The van der Waals surface area contributed by atoms with Gasteiger partial charge in [-0.1, -0.05) is 54.1 Å². The van der Waals surface area contributed by atoms with Crippen LogP contribution in [-0.2, 0) is 17.8 Å². The molecule has 0 spiro atoms. The van der Waals surface area contributed by atoms with E-state index in [0.29, 0.717) is 36.2 Å². The molecule has 4 rings (SSSR count). The monoisotopic (exact) mass is 485 g/mol. The van der Waals surface area contributed by atoms with Crippen LogP contribution in [0.5, 0.6) is 0 Å². The second kappa shape index (κ2) is 11.6. The molecule has 0 fully saturated rings. The summed E-state index contributed by atoms with van der Waals surface area (Å²) < 4.78 is 7.93. The van der Waals surface area contributed by atoms with Crippen LogP contribution < -0.4 is 16.6 Å². The standard InChI is InChI=1S/C29H31N3O4/c1-21-9-11-22(12-10-21)19-31-26-8-4-3-7-25(26)28(34)32(29(31)35)20-23-13-15-24(16-14-23)27(33)30-17-5-6-18-36-2/h3-4,7-16H,5-6,17-20H2,1-2H3,(H,30,33). The van der Waals surface area contributed by atoms with E-state index in [1.54, 1.807) is 54.1 Å². The molecule has 0 saturated heterocycles. The van der Waals surface area contributed by atoms with Gasteiger partial charge in [0.2, 0.25) is 0 Å². The van der Waals surface area contributed by atoms with Gasteiger partial charge in [0.15, 0.2) is 0 Å². The maximum atomic E-state index is 13.5. The minimum Gasteiger partial charge on any atom is -0.385 e. The molecule has 36 heavy (non-hydrogen) atoms. The number of ether oxygens (including phenoxy) is 1. The largest absolute Gasteiger partial charge is 0.385 e. The van der Waals surface area contributed by atoms with Crippen LogP contribution in [0.2, 0.25) is 0 Å². The average Bonchev–Trinajstić information content (AvgIpc) is 2.90. The van der Waals surface area contributed by atoms with Crippen molar-refractivity contribution in [3.05, 3.63) is 116 Å². The van der Waals surface area contributed by atoms with Gasteiger partial charge in [0.05, 0.1) is 24.0 Å². The van der Waals surface area contributed by atoms with Crippen molar-refractivity contribution in [2.75, 3.05) is 20.3 Å². The molecule has 1 amide bonds. The van der Waals surface area contributed by atoms with Crippen molar-refractivity contribution < 1.29 is 9.53 Å². The number of benzene rings is 3. The molecule has 0 radical (unpaired) electrons. The second-order valence-corrected chi connectivity index (χ2v) is 8.92. The van der Waals surface area contributed by atoms with Crippen LogP contribution in [0.3, 0.4) is 0 Å². The Hall–Kier alpha value is -3.97. The summed E-state index contributed by atoms with van der Waals surface area (Å²) in [6, 6.07) is 22.2. The van der Waals surface area contributed by atoms with Gasteiger partial charge in [0, 0.05) is 25.8 Å². The quantitative estimate of drug-likeness (QED) is 0.347. The minimum absolute atomic E-state index is 0.120. The average molecular weight is 486 g/mol. The van der Waals surface area contributed by atoms with Crippen molar-refractivity contribution in [1.82, 2.24) is 14.5 Å². The summed E-state index contributed by atoms with van der Waals surface area (Å²) in [7, 11) is 1.66. The Bertz CT molecular complexity index is 1450. The van der Waals surface area contributed by atoms with Gasteiger partial charge in [-0.2, -0.15) is 0 Å². The highest BCUT2D eigenvalue weighted by molar-refractivity contribution is 5.94. The molecule has 186 valence electrons. The van der Waals surface area contributed by atoms with Gasteiger partial charge in [0.25, 0.3) is 11.5 Å². The molecule has 0 aliphatic heterocycles. The fourth-order valence-electron chi connectivity index (χ4n) is 4.16. The Labute approximate surface area is 210 Å². The lowest BCUT2D eigenvalue weighted by atomic mass is 10.1. The third kappa shape index (κ3) is 5.80. The zero-order valence-electron chi connectivity index (χ0n) is 20.7. The molecular formula is C29H31N3O4. The number of para-hydroxylation sites is 1. The van der Waals surface area contributed by atoms with Crippen LogP contribution in [-0.4, -0.2) is 35.3 Å². The van der Waals surface area contributed by atoms with E-state index >= 15 is 0 Å². The first-order valence-corrected chi connectivity index (χ1v) is 12.1. The Balaban J connectivity index is 1.58. The van der Waals surface area contributed by atoms with Crippen molar-refractivity contribution in [3.8, 4) is 0 Å². The Morgan fingerprint density at radius 3 is 2.17 bits per heavy atom. The predicted molar refractivity (Wildman–Crippen MR) is 142 cm³/mol. The molecule has 3 aromatic carbocycles. The third-order valence-corrected chi connectivity index (χ3v) is 6.21. The van der Waals surface area contributed by atoms with Gasteiger partial charge in [-0.25, -0.2) is 4.79 Å². The number of hydrogen-bond acceptors (Lipinski definition) is 4. The van der Waals surface area contributed by atoms with Crippen LogP contribution in [0.4, 0.5) is 0 Å². The summed E-state index contributed by atoms with van der Waals surface area (Å²) in [5, 5.41) is 3.39. The molecule has 0 atom stereocenters. The number of hydrogen-bond donors (Lipinski definition) is 1. The second-order valence-electron chi connectivity index (χ2n) is 8.92. The molecule has 1 N–H and O–H groups in total. The minimum atomic E-state index is -0.364. The molecule has 0 aliphatic carbocycles. The molecule has 0 aliphatic rings. The van der Waals surface area contributed by atoms with Crippen LogP contribution in [0.25, 0.3) is 10.9 Å². The number of aryl methyl sites for hydroxylation is 1. The normalized spacial score (nSPS) is 11.1. The molecule has 1 aromatic heterocycles. The highest BCUT2D eigenvalue weighted by atomic mass is 16.5. The lowest BCUT2D eigenvalue weighted by Crippen LogP contribution is -2.40. The van der Waals surface area contributed by atoms with Crippen LogP contribution in [0, 0.1) is 6.92 Å². The highest BCUT2D eigenvalue weighted by Crippen LogP contribution is 2.12. The number of carbonyl (C=O) groups excluding carboxylic acids is 1. The predicted octanol–water partition coefficient (Wildman–Crippen LogP) is 3.72. The summed E-state index contributed by atoms with van der Waals surface area (Å²) >= 11 is 0. The molecule has 7 nitrogen and oxygen atoms in total. The maximum Gasteiger partial charge on any atom is 0.332 e. The summed E-state index contributed by atoms with van der Waals surface area (Å²) in [6.07, 6.45) is 1.73. The van der Waals surface area contributed by atoms with E-state index in [2.05, 4.69) is 5.32 Å². The SMILES string of the molecule is COCCCCNC(=O)c1ccc(Cn2c(=O)c3ccccc3n(Cc3ccc(C)cc3)c2=O)cc1. The Morgan fingerprint density at radius 2 is 1.47 bits per heavy atom. The number of fused-ring (bicyclic) bond motifs is 1.